The second-order valence-corrected chi connectivity index (χ2v) is 18.3. The Kier molecular flexibility index (Phi) is 9.56. The third-order valence-electron chi connectivity index (χ3n) is 14.1. The fourth-order valence-corrected chi connectivity index (χ4v) is 10.9. The Balaban J connectivity index is 1.07. The Bertz CT molecular complexity index is 4160. The number of alkyl halides is 3. The molecule has 0 bridgehead atoms. The van der Waals surface area contributed by atoms with Crippen LogP contribution in [0.4, 0.5) is 13.2 Å². The molecule has 0 amide bonds. The van der Waals surface area contributed by atoms with Crippen molar-refractivity contribution >= 4 is 65.4 Å². The quantitative estimate of drug-likeness (QED) is 0.160. The van der Waals surface area contributed by atoms with Crippen LogP contribution in [0.15, 0.2) is 237 Å². The highest BCUT2D eigenvalue weighted by molar-refractivity contribution is 6.13. The zero-order valence-corrected chi connectivity index (χ0v) is 38.8. The van der Waals surface area contributed by atoms with Crippen LogP contribution in [0.5, 0.6) is 0 Å². The number of halogens is 3. The minimum atomic E-state index is -4.58. The van der Waals surface area contributed by atoms with Crippen LogP contribution in [-0.2, 0) is 6.18 Å². The van der Waals surface area contributed by atoms with Crippen molar-refractivity contribution in [3.63, 3.8) is 0 Å². The molecule has 6 nitrogen and oxygen atoms in total. The fraction of sp³-hybridized carbons (Fsp3) is 0.0156. The normalized spacial score (nSPS) is 12.0. The molecule has 14 rings (SSSR count). The first kappa shape index (κ1) is 42.3. The Morgan fingerprint density at radius 3 is 1.11 bits per heavy atom. The minimum absolute atomic E-state index is 0.330. The van der Waals surface area contributed by atoms with Crippen LogP contribution >= 0.6 is 0 Å². The highest BCUT2D eigenvalue weighted by atomic mass is 19.4. The molecule has 4 heterocycles. The summed E-state index contributed by atoms with van der Waals surface area (Å²) in [5.74, 6) is 1.22. The molecular weight excluding hydrogens is 910 g/mol. The van der Waals surface area contributed by atoms with Gasteiger partial charge in [0.25, 0.3) is 0 Å². The number of hydrogen-bond acceptors (Lipinski definition) is 3. The van der Waals surface area contributed by atoms with Gasteiger partial charge >= 0.3 is 6.18 Å². The van der Waals surface area contributed by atoms with E-state index in [9.17, 15) is 13.2 Å². The number of benzene rings is 10. The zero-order chi connectivity index (χ0) is 48.8. The van der Waals surface area contributed by atoms with Crippen LogP contribution in [0, 0.1) is 0 Å². The first-order valence-electron chi connectivity index (χ1n) is 24.1. The predicted octanol–water partition coefficient (Wildman–Crippen LogP) is 16.8. The van der Waals surface area contributed by atoms with Gasteiger partial charge in [-0.15, -0.1) is 0 Å². The topological polar surface area (TPSA) is 53.5 Å². The number of rotatable bonds is 7. The van der Waals surface area contributed by atoms with Gasteiger partial charge in [-0.3, -0.25) is 0 Å². The van der Waals surface area contributed by atoms with E-state index in [-0.39, 0.29) is 0 Å². The molecule has 4 aromatic heterocycles. The molecule has 0 aliphatic heterocycles. The van der Waals surface area contributed by atoms with Crippen LogP contribution < -0.4 is 0 Å². The van der Waals surface area contributed by atoms with Crippen molar-refractivity contribution in [2.24, 2.45) is 0 Å². The molecule has 346 valence electrons. The van der Waals surface area contributed by atoms with Gasteiger partial charge in [0.1, 0.15) is 0 Å². The number of aromatic nitrogens is 6. The van der Waals surface area contributed by atoms with E-state index in [1.807, 2.05) is 78.9 Å². The number of para-hydroxylation sites is 4. The highest BCUT2D eigenvalue weighted by Gasteiger charge is 2.31. The van der Waals surface area contributed by atoms with Gasteiger partial charge in [-0.25, -0.2) is 15.0 Å². The van der Waals surface area contributed by atoms with Gasteiger partial charge in [-0.05, 0) is 90.0 Å². The smallest absolute Gasteiger partial charge is 0.309 e. The summed E-state index contributed by atoms with van der Waals surface area (Å²) in [6.07, 6.45) is -4.58. The molecule has 0 spiro atoms. The molecule has 0 aliphatic carbocycles. The summed E-state index contributed by atoms with van der Waals surface area (Å²) in [5, 5.41) is 6.66. The van der Waals surface area contributed by atoms with E-state index in [2.05, 4.69) is 147 Å². The molecule has 73 heavy (non-hydrogen) atoms. The predicted molar refractivity (Wildman–Crippen MR) is 290 cm³/mol. The maximum absolute atomic E-state index is 14.7. The molecule has 0 aliphatic rings. The standard InChI is InChI=1S/C64H39F3N6/c65-64(66,67)43-21-15-20-42(36-43)54-37-44(32-35-53(54)63-69-61(40-16-3-1-4-17-40)68-62(70-63)41-18-5-2-6-19-41)73-59-38-45(71-55-26-11-7-22-47(55)48-23-8-12-27-56(48)71)30-33-51(59)52-34-31-46(39-60(52)73)72-57-28-13-9-24-49(57)50-25-10-14-29-58(50)72/h1-39H. The second kappa shape index (κ2) is 16.5. The maximum Gasteiger partial charge on any atom is 0.416 e. The van der Waals surface area contributed by atoms with Crippen LogP contribution in [0.25, 0.3) is 128 Å². The van der Waals surface area contributed by atoms with Crippen molar-refractivity contribution in [3.8, 4) is 62.4 Å². The average molecular weight is 949 g/mol. The Morgan fingerprint density at radius 2 is 0.644 bits per heavy atom. The number of fused-ring (bicyclic) bond motifs is 9. The maximum atomic E-state index is 14.7. The molecule has 0 N–H and O–H groups in total. The molecule has 14 aromatic rings. The lowest BCUT2D eigenvalue weighted by atomic mass is 9.96. The third-order valence-corrected chi connectivity index (χ3v) is 14.1. The second-order valence-electron chi connectivity index (χ2n) is 18.3. The summed E-state index contributed by atoms with van der Waals surface area (Å²) in [5.41, 5.74) is 11.1. The minimum Gasteiger partial charge on any atom is -0.309 e. The van der Waals surface area contributed by atoms with Crippen molar-refractivity contribution in [1.29, 1.82) is 0 Å². The molecular formula is C64H39F3N6. The van der Waals surface area contributed by atoms with Gasteiger partial charge in [-0.1, -0.05) is 158 Å². The van der Waals surface area contributed by atoms with Crippen LogP contribution in [-0.4, -0.2) is 28.7 Å². The molecule has 0 atom stereocenters. The average Bonchev–Trinajstić information content (AvgIpc) is 4.08. The van der Waals surface area contributed by atoms with Gasteiger partial charge in [-0.2, -0.15) is 13.2 Å². The Hall–Kier alpha value is -9.60. The third kappa shape index (κ3) is 6.92. The lowest BCUT2D eigenvalue weighted by Gasteiger charge is -2.17. The van der Waals surface area contributed by atoms with E-state index in [1.54, 1.807) is 6.07 Å². The molecule has 0 saturated carbocycles. The van der Waals surface area contributed by atoms with Crippen molar-refractivity contribution < 1.29 is 13.2 Å². The van der Waals surface area contributed by atoms with Gasteiger partial charge in [0, 0.05) is 66.1 Å². The van der Waals surface area contributed by atoms with Crippen molar-refractivity contribution in [3.05, 3.63) is 242 Å². The van der Waals surface area contributed by atoms with E-state index in [0.29, 0.717) is 34.2 Å². The van der Waals surface area contributed by atoms with E-state index in [4.69, 9.17) is 15.0 Å². The van der Waals surface area contributed by atoms with Gasteiger partial charge in [0.15, 0.2) is 17.5 Å². The zero-order valence-electron chi connectivity index (χ0n) is 38.8. The van der Waals surface area contributed by atoms with E-state index < -0.39 is 11.7 Å². The first-order chi connectivity index (χ1) is 35.8. The molecule has 0 fully saturated rings. The van der Waals surface area contributed by atoms with E-state index in [0.717, 1.165) is 99.7 Å². The number of nitrogens with zero attached hydrogens (tertiary/aromatic N) is 6. The molecule has 0 radical (unpaired) electrons. The number of hydrogen-bond donors (Lipinski definition) is 0. The summed E-state index contributed by atoms with van der Waals surface area (Å²) < 4.78 is 51.0. The molecule has 0 saturated heterocycles. The lowest BCUT2D eigenvalue weighted by Crippen LogP contribution is -2.05. The van der Waals surface area contributed by atoms with Gasteiger partial charge in [0.05, 0.1) is 38.7 Å². The van der Waals surface area contributed by atoms with Gasteiger partial charge < -0.3 is 13.7 Å². The van der Waals surface area contributed by atoms with Crippen LogP contribution in [0.2, 0.25) is 0 Å². The summed E-state index contributed by atoms with van der Waals surface area (Å²) in [6, 6.07) is 77.8. The monoisotopic (exact) mass is 948 g/mol. The van der Waals surface area contributed by atoms with Crippen molar-refractivity contribution in [1.82, 2.24) is 28.7 Å². The Labute approximate surface area is 416 Å². The van der Waals surface area contributed by atoms with Crippen molar-refractivity contribution in [2.45, 2.75) is 6.18 Å². The van der Waals surface area contributed by atoms with E-state index in [1.165, 1.54) is 12.1 Å². The molecule has 9 heteroatoms. The SMILES string of the molecule is FC(F)(F)c1cccc(-c2cc(-n3c4cc(-n5c6ccccc6c6ccccc65)ccc4c4ccc(-n5c6ccccc6c6ccccc65)cc43)ccc2-c2nc(-c3ccccc3)nc(-c3ccccc3)n2)c1. The van der Waals surface area contributed by atoms with Gasteiger partial charge in [0.2, 0.25) is 0 Å². The summed E-state index contributed by atoms with van der Waals surface area (Å²) in [6.45, 7) is 0. The lowest BCUT2D eigenvalue weighted by molar-refractivity contribution is -0.137. The summed E-state index contributed by atoms with van der Waals surface area (Å²) in [4.78, 5) is 15.1. The van der Waals surface area contributed by atoms with Crippen LogP contribution in [0.3, 0.4) is 0 Å². The molecule has 0 unspecified atom stereocenters. The summed E-state index contributed by atoms with van der Waals surface area (Å²) >= 11 is 0. The van der Waals surface area contributed by atoms with Crippen molar-refractivity contribution in [2.75, 3.05) is 0 Å². The van der Waals surface area contributed by atoms with E-state index >= 15 is 0 Å². The first-order valence-corrected chi connectivity index (χ1v) is 24.1. The largest absolute Gasteiger partial charge is 0.416 e. The summed E-state index contributed by atoms with van der Waals surface area (Å²) in [7, 11) is 0. The van der Waals surface area contributed by atoms with Crippen LogP contribution in [0.1, 0.15) is 5.56 Å². The molecule has 10 aromatic carbocycles. The fourth-order valence-electron chi connectivity index (χ4n) is 10.9. The highest BCUT2D eigenvalue weighted by Crippen LogP contribution is 2.42. The Morgan fingerprint density at radius 1 is 0.274 bits per heavy atom.